The number of hydrogen-bond donors (Lipinski definition) is 2. The molecule has 0 saturated carbocycles. The van der Waals surface area contributed by atoms with E-state index in [1.54, 1.807) is 30.3 Å². The summed E-state index contributed by atoms with van der Waals surface area (Å²) in [6, 6.07) is 10.9. The Balaban J connectivity index is 2.23. The monoisotopic (exact) mass is 336 g/mol. The number of anilines is 1. The van der Waals surface area contributed by atoms with Gasteiger partial charge in [-0.25, -0.2) is 5.84 Å². The third-order valence-electron chi connectivity index (χ3n) is 3.00. The molecule has 0 aliphatic rings. The number of halogens is 1. The third-order valence-corrected chi connectivity index (χ3v) is 3.75. The number of phenolic OH excluding ortho intramolecular Hbond substituents is 1. The molecule has 2 rings (SSSR count). The molecule has 0 heterocycles. The highest BCUT2D eigenvalue weighted by molar-refractivity contribution is 9.10. The maximum atomic E-state index is 9.40. The number of nitrogens with two attached hydrogens (primary N) is 1. The second-order valence-corrected chi connectivity index (χ2v) is 5.44. The normalized spacial score (nSPS) is 10.4. The van der Waals surface area contributed by atoms with Crippen molar-refractivity contribution in [1.82, 2.24) is 0 Å². The summed E-state index contributed by atoms with van der Waals surface area (Å²) in [5.74, 6) is 6.80. The summed E-state index contributed by atoms with van der Waals surface area (Å²) in [6.07, 6.45) is 0. The molecule has 2 aromatic carbocycles. The van der Waals surface area contributed by atoms with E-state index in [0.29, 0.717) is 6.61 Å². The SMILES string of the molecule is Cc1cc(O)ccc1OCc1c(Br)cccc1N(C)N. The van der Waals surface area contributed by atoms with Gasteiger partial charge in [0.1, 0.15) is 18.1 Å². The lowest BCUT2D eigenvalue weighted by molar-refractivity contribution is 0.303. The smallest absolute Gasteiger partial charge is 0.122 e. The summed E-state index contributed by atoms with van der Waals surface area (Å²) >= 11 is 3.52. The fraction of sp³-hybridized carbons (Fsp3) is 0.200. The molecule has 106 valence electrons. The first-order valence-electron chi connectivity index (χ1n) is 6.17. The summed E-state index contributed by atoms with van der Waals surface area (Å²) in [5, 5.41) is 11.0. The first kappa shape index (κ1) is 14.7. The summed E-state index contributed by atoms with van der Waals surface area (Å²) in [6.45, 7) is 2.29. The molecule has 0 bridgehead atoms. The molecule has 0 aliphatic heterocycles. The van der Waals surface area contributed by atoms with Crippen LogP contribution in [0.4, 0.5) is 5.69 Å². The van der Waals surface area contributed by atoms with Gasteiger partial charge in [0.2, 0.25) is 0 Å². The molecule has 2 aromatic rings. The fourth-order valence-corrected chi connectivity index (χ4v) is 2.44. The largest absolute Gasteiger partial charge is 0.508 e. The molecular weight excluding hydrogens is 320 g/mol. The molecule has 0 unspecified atom stereocenters. The Morgan fingerprint density at radius 1 is 1.30 bits per heavy atom. The Bertz CT molecular complexity index is 615. The molecule has 0 aromatic heterocycles. The molecular formula is C15H17BrN2O2. The van der Waals surface area contributed by atoms with Crippen LogP contribution in [-0.4, -0.2) is 12.2 Å². The van der Waals surface area contributed by atoms with Crippen molar-refractivity contribution in [3.63, 3.8) is 0 Å². The molecule has 0 spiro atoms. The maximum absolute atomic E-state index is 9.40. The van der Waals surface area contributed by atoms with Crippen LogP contribution in [0.1, 0.15) is 11.1 Å². The standard InChI is InChI=1S/C15H17BrN2O2/c1-10-8-11(19)6-7-15(10)20-9-12-13(16)4-3-5-14(12)18(2)17/h3-8,19H,9,17H2,1-2H3. The number of aryl methyl sites for hydroxylation is 1. The number of hydrogen-bond acceptors (Lipinski definition) is 4. The van der Waals surface area contributed by atoms with Crippen molar-refractivity contribution < 1.29 is 9.84 Å². The van der Waals surface area contributed by atoms with Crippen LogP contribution in [0, 0.1) is 6.92 Å². The van der Waals surface area contributed by atoms with E-state index in [4.69, 9.17) is 10.6 Å². The topological polar surface area (TPSA) is 58.7 Å². The van der Waals surface area contributed by atoms with Gasteiger partial charge in [0.05, 0.1) is 5.69 Å². The van der Waals surface area contributed by atoms with Crippen molar-refractivity contribution in [1.29, 1.82) is 0 Å². The molecule has 0 aliphatic carbocycles. The van der Waals surface area contributed by atoms with Gasteiger partial charge in [-0.1, -0.05) is 22.0 Å². The van der Waals surface area contributed by atoms with E-state index in [0.717, 1.165) is 27.0 Å². The number of ether oxygens (including phenoxy) is 1. The molecule has 0 radical (unpaired) electrons. The summed E-state index contributed by atoms with van der Waals surface area (Å²) in [7, 11) is 1.79. The van der Waals surface area contributed by atoms with E-state index in [9.17, 15) is 5.11 Å². The summed E-state index contributed by atoms with van der Waals surface area (Å²) < 4.78 is 6.77. The molecule has 0 atom stereocenters. The average Bonchev–Trinajstić information content (AvgIpc) is 2.38. The van der Waals surface area contributed by atoms with Crippen LogP contribution in [0.3, 0.4) is 0 Å². The van der Waals surface area contributed by atoms with Crippen molar-refractivity contribution >= 4 is 21.6 Å². The van der Waals surface area contributed by atoms with Crippen molar-refractivity contribution in [2.24, 2.45) is 5.84 Å². The van der Waals surface area contributed by atoms with Gasteiger partial charge in [-0.3, -0.25) is 0 Å². The predicted molar refractivity (Wildman–Crippen MR) is 83.9 cm³/mol. The van der Waals surface area contributed by atoms with E-state index in [1.165, 1.54) is 0 Å². The molecule has 4 nitrogen and oxygen atoms in total. The number of hydrazine groups is 1. The first-order chi connectivity index (χ1) is 9.49. The van der Waals surface area contributed by atoms with Crippen LogP contribution >= 0.6 is 15.9 Å². The lowest BCUT2D eigenvalue weighted by Gasteiger charge is -2.19. The second-order valence-electron chi connectivity index (χ2n) is 4.59. The van der Waals surface area contributed by atoms with E-state index in [2.05, 4.69) is 15.9 Å². The van der Waals surface area contributed by atoms with Crippen LogP contribution in [0.25, 0.3) is 0 Å². The van der Waals surface area contributed by atoms with Gasteiger partial charge in [-0.15, -0.1) is 0 Å². The van der Waals surface area contributed by atoms with Crippen molar-refractivity contribution in [2.45, 2.75) is 13.5 Å². The van der Waals surface area contributed by atoms with Gasteiger partial charge in [0.15, 0.2) is 0 Å². The molecule has 5 heteroatoms. The van der Waals surface area contributed by atoms with Crippen molar-refractivity contribution in [3.8, 4) is 11.5 Å². The van der Waals surface area contributed by atoms with Crippen molar-refractivity contribution in [2.75, 3.05) is 12.1 Å². The van der Waals surface area contributed by atoms with Crippen LogP contribution in [0.15, 0.2) is 40.9 Å². The maximum Gasteiger partial charge on any atom is 0.122 e. The second kappa shape index (κ2) is 6.15. The van der Waals surface area contributed by atoms with Crippen LogP contribution < -0.4 is 15.6 Å². The summed E-state index contributed by atoms with van der Waals surface area (Å²) in [4.78, 5) is 0. The Morgan fingerprint density at radius 3 is 2.70 bits per heavy atom. The minimum atomic E-state index is 0.234. The predicted octanol–water partition coefficient (Wildman–Crippen LogP) is 3.35. The zero-order valence-electron chi connectivity index (χ0n) is 11.4. The highest BCUT2D eigenvalue weighted by Crippen LogP contribution is 2.29. The van der Waals surface area contributed by atoms with Crippen LogP contribution in [0.5, 0.6) is 11.5 Å². The van der Waals surface area contributed by atoms with Gasteiger partial charge in [-0.2, -0.15) is 0 Å². The first-order valence-corrected chi connectivity index (χ1v) is 6.96. The number of rotatable bonds is 4. The fourth-order valence-electron chi connectivity index (χ4n) is 1.97. The zero-order valence-corrected chi connectivity index (χ0v) is 13.0. The van der Waals surface area contributed by atoms with E-state index >= 15 is 0 Å². The number of aromatic hydroxyl groups is 1. The highest BCUT2D eigenvalue weighted by atomic mass is 79.9. The minimum Gasteiger partial charge on any atom is -0.508 e. The average molecular weight is 337 g/mol. The van der Waals surface area contributed by atoms with Gasteiger partial charge < -0.3 is 14.9 Å². The van der Waals surface area contributed by atoms with Gasteiger partial charge in [0, 0.05) is 17.1 Å². The number of nitrogens with zero attached hydrogens (tertiary/aromatic N) is 1. The van der Waals surface area contributed by atoms with Gasteiger partial charge in [-0.05, 0) is 42.8 Å². The molecule has 0 saturated heterocycles. The molecule has 0 fully saturated rings. The quantitative estimate of drug-likeness (QED) is 0.664. The van der Waals surface area contributed by atoms with Gasteiger partial charge >= 0.3 is 0 Å². The molecule has 3 N–H and O–H groups in total. The van der Waals surface area contributed by atoms with Crippen LogP contribution in [0.2, 0.25) is 0 Å². The van der Waals surface area contributed by atoms with Gasteiger partial charge in [0.25, 0.3) is 0 Å². The van der Waals surface area contributed by atoms with Crippen LogP contribution in [-0.2, 0) is 6.61 Å². The highest BCUT2D eigenvalue weighted by Gasteiger charge is 2.10. The Labute approximate surface area is 126 Å². The van der Waals surface area contributed by atoms with Crippen molar-refractivity contribution in [3.05, 3.63) is 52.0 Å². The Hall–Kier alpha value is -1.72. The lowest BCUT2D eigenvalue weighted by atomic mass is 10.2. The Kier molecular flexibility index (Phi) is 4.52. The third kappa shape index (κ3) is 3.23. The van der Waals surface area contributed by atoms with E-state index in [1.807, 2.05) is 25.1 Å². The Morgan fingerprint density at radius 2 is 2.05 bits per heavy atom. The molecule has 0 amide bonds. The minimum absolute atomic E-state index is 0.234. The number of benzene rings is 2. The molecule has 20 heavy (non-hydrogen) atoms. The van der Waals surface area contributed by atoms with E-state index < -0.39 is 0 Å². The number of phenols is 1. The zero-order chi connectivity index (χ0) is 14.7. The lowest BCUT2D eigenvalue weighted by Crippen LogP contribution is -2.26. The summed E-state index contributed by atoms with van der Waals surface area (Å²) in [5.41, 5.74) is 2.76. The van der Waals surface area contributed by atoms with E-state index in [-0.39, 0.29) is 5.75 Å².